The molecular weight excluding hydrogens is 362 g/mol. The van der Waals surface area contributed by atoms with Crippen LogP contribution in [0.3, 0.4) is 0 Å². The topological polar surface area (TPSA) is 105 Å². The van der Waals surface area contributed by atoms with E-state index in [0.717, 1.165) is 25.7 Å². The fraction of sp³-hybridized carbons (Fsp3) is 0.500. The van der Waals surface area contributed by atoms with Gasteiger partial charge in [0.05, 0.1) is 5.92 Å². The van der Waals surface area contributed by atoms with Crippen LogP contribution in [0.4, 0.5) is 0 Å². The van der Waals surface area contributed by atoms with Gasteiger partial charge in [0.15, 0.2) is 6.10 Å². The molecule has 1 aromatic rings. The number of ether oxygens (including phenoxy) is 1. The lowest BCUT2D eigenvalue weighted by molar-refractivity contribution is -0.158. The van der Waals surface area contributed by atoms with Gasteiger partial charge in [0, 0.05) is 24.6 Å². The molecule has 2 atom stereocenters. The summed E-state index contributed by atoms with van der Waals surface area (Å²) < 4.78 is 5.21. The van der Waals surface area contributed by atoms with Gasteiger partial charge >= 0.3 is 5.97 Å². The van der Waals surface area contributed by atoms with Gasteiger partial charge in [-0.25, -0.2) is 0 Å². The second-order valence-corrected chi connectivity index (χ2v) is 7.27. The van der Waals surface area contributed by atoms with E-state index in [9.17, 15) is 19.2 Å². The minimum atomic E-state index is -1.08. The Balaban J connectivity index is 1.45. The molecular formula is C20H25N3O5. The average molecular weight is 387 g/mol. The molecule has 2 aliphatic rings. The van der Waals surface area contributed by atoms with Crippen LogP contribution in [-0.2, 0) is 19.1 Å². The van der Waals surface area contributed by atoms with Gasteiger partial charge < -0.3 is 9.64 Å². The number of amides is 3. The molecule has 0 radical (unpaired) electrons. The number of likely N-dealkylation sites (tertiary alicyclic amines) is 1. The number of esters is 1. The standard InChI is InChI=1S/C20H25N3O5/c1-13(18(25)21-22-19(26)14-7-3-2-4-8-14)28-20(27)15-11-17(24)23(12-15)16-9-5-6-10-16/h2-4,7-8,13,15-16H,5-6,9-12H2,1H3,(H,21,25)(H,22,26)/t13-,15+/m1/s1. The summed E-state index contributed by atoms with van der Waals surface area (Å²) in [5.74, 6) is -2.26. The molecule has 2 fully saturated rings. The van der Waals surface area contributed by atoms with Gasteiger partial charge in [0.1, 0.15) is 0 Å². The summed E-state index contributed by atoms with van der Waals surface area (Å²) in [5, 5.41) is 0. The van der Waals surface area contributed by atoms with Crippen LogP contribution in [0.1, 0.15) is 49.4 Å². The minimum Gasteiger partial charge on any atom is -0.452 e. The summed E-state index contributed by atoms with van der Waals surface area (Å²) in [6.45, 7) is 1.77. The van der Waals surface area contributed by atoms with E-state index in [0.29, 0.717) is 12.1 Å². The molecule has 0 spiro atoms. The third kappa shape index (κ3) is 4.68. The smallest absolute Gasteiger partial charge is 0.312 e. The molecule has 8 heteroatoms. The Morgan fingerprint density at radius 2 is 1.79 bits per heavy atom. The maximum atomic E-state index is 12.4. The number of nitrogens with zero attached hydrogens (tertiary/aromatic N) is 1. The number of benzene rings is 1. The van der Waals surface area contributed by atoms with Crippen molar-refractivity contribution in [2.75, 3.05) is 6.54 Å². The Bertz CT molecular complexity index is 745. The molecule has 3 rings (SSSR count). The van der Waals surface area contributed by atoms with Crippen LogP contribution < -0.4 is 10.9 Å². The van der Waals surface area contributed by atoms with Crippen molar-refractivity contribution in [3.8, 4) is 0 Å². The second-order valence-electron chi connectivity index (χ2n) is 7.27. The van der Waals surface area contributed by atoms with Crippen LogP contribution in [0.2, 0.25) is 0 Å². The normalized spacial score (nSPS) is 20.7. The van der Waals surface area contributed by atoms with Crippen molar-refractivity contribution >= 4 is 23.7 Å². The Morgan fingerprint density at radius 1 is 1.11 bits per heavy atom. The molecule has 0 aromatic heterocycles. The number of hydrazine groups is 1. The first-order valence-electron chi connectivity index (χ1n) is 9.61. The molecule has 2 N–H and O–H groups in total. The molecule has 3 amide bonds. The van der Waals surface area contributed by atoms with Crippen LogP contribution >= 0.6 is 0 Å². The lowest BCUT2D eigenvalue weighted by Crippen LogP contribution is -2.47. The van der Waals surface area contributed by atoms with Crippen molar-refractivity contribution in [2.24, 2.45) is 5.92 Å². The second kappa shape index (κ2) is 8.86. The van der Waals surface area contributed by atoms with Crippen LogP contribution in [0.25, 0.3) is 0 Å². The van der Waals surface area contributed by atoms with Crippen LogP contribution in [0, 0.1) is 5.92 Å². The highest BCUT2D eigenvalue weighted by Gasteiger charge is 2.40. The van der Waals surface area contributed by atoms with Gasteiger partial charge in [0.25, 0.3) is 11.8 Å². The van der Waals surface area contributed by atoms with Gasteiger partial charge in [-0.3, -0.25) is 30.0 Å². The third-order valence-corrected chi connectivity index (χ3v) is 5.25. The molecule has 1 aliphatic heterocycles. The zero-order valence-corrected chi connectivity index (χ0v) is 15.8. The van der Waals surface area contributed by atoms with Crippen molar-refractivity contribution in [1.29, 1.82) is 0 Å². The maximum absolute atomic E-state index is 12.4. The van der Waals surface area contributed by atoms with Gasteiger partial charge in [-0.2, -0.15) is 0 Å². The maximum Gasteiger partial charge on any atom is 0.312 e. The number of nitrogens with one attached hydrogen (secondary N) is 2. The van der Waals surface area contributed by atoms with Gasteiger partial charge in [-0.05, 0) is 31.9 Å². The highest BCUT2D eigenvalue weighted by Crippen LogP contribution is 2.30. The van der Waals surface area contributed by atoms with Crippen molar-refractivity contribution in [2.45, 2.75) is 51.2 Å². The molecule has 0 bridgehead atoms. The first kappa shape index (κ1) is 19.9. The monoisotopic (exact) mass is 387 g/mol. The Hall–Kier alpha value is -2.90. The largest absolute Gasteiger partial charge is 0.452 e. The first-order valence-corrected chi connectivity index (χ1v) is 9.61. The summed E-state index contributed by atoms with van der Waals surface area (Å²) in [6.07, 6.45) is 3.21. The van der Waals surface area contributed by atoms with Crippen molar-refractivity contribution in [3.05, 3.63) is 35.9 Å². The first-order chi connectivity index (χ1) is 13.5. The van der Waals surface area contributed by atoms with E-state index >= 15 is 0 Å². The summed E-state index contributed by atoms with van der Waals surface area (Å²) in [6, 6.07) is 8.63. The van der Waals surface area contributed by atoms with Gasteiger partial charge in [0.2, 0.25) is 5.91 Å². The number of hydrogen-bond donors (Lipinski definition) is 2. The summed E-state index contributed by atoms with van der Waals surface area (Å²) >= 11 is 0. The molecule has 1 aliphatic carbocycles. The molecule has 8 nitrogen and oxygen atoms in total. The predicted octanol–water partition coefficient (Wildman–Crippen LogP) is 1.17. The van der Waals surface area contributed by atoms with E-state index in [4.69, 9.17) is 4.74 Å². The minimum absolute atomic E-state index is 0.0268. The molecule has 150 valence electrons. The van der Waals surface area contributed by atoms with Gasteiger partial charge in [-0.1, -0.05) is 31.0 Å². The quantitative estimate of drug-likeness (QED) is 0.583. The Kier molecular flexibility index (Phi) is 6.28. The predicted molar refractivity (Wildman–Crippen MR) is 99.7 cm³/mol. The van der Waals surface area contributed by atoms with Crippen LogP contribution in [0.5, 0.6) is 0 Å². The average Bonchev–Trinajstić information content (AvgIpc) is 3.35. The Labute approximate surface area is 163 Å². The SMILES string of the molecule is C[C@@H](OC(=O)[C@H]1CC(=O)N(C2CCCC2)C1)C(=O)NNC(=O)c1ccccc1. The molecule has 0 unspecified atom stereocenters. The summed E-state index contributed by atoms with van der Waals surface area (Å²) in [4.78, 5) is 50.3. The fourth-order valence-electron chi connectivity index (χ4n) is 3.66. The van der Waals surface area contributed by atoms with E-state index in [1.165, 1.54) is 6.92 Å². The highest BCUT2D eigenvalue weighted by molar-refractivity contribution is 5.96. The van der Waals surface area contributed by atoms with E-state index in [2.05, 4.69) is 10.9 Å². The van der Waals surface area contributed by atoms with Crippen molar-refractivity contribution in [3.63, 3.8) is 0 Å². The molecule has 1 aromatic carbocycles. The lowest BCUT2D eigenvalue weighted by Gasteiger charge is -2.24. The van der Waals surface area contributed by atoms with E-state index in [-0.39, 0.29) is 18.4 Å². The number of hydrogen-bond acceptors (Lipinski definition) is 5. The number of rotatable bonds is 5. The number of carbonyl (C=O) groups excluding carboxylic acids is 4. The highest BCUT2D eigenvalue weighted by atomic mass is 16.5. The van der Waals surface area contributed by atoms with Crippen molar-refractivity contribution < 1.29 is 23.9 Å². The van der Waals surface area contributed by atoms with E-state index < -0.39 is 29.8 Å². The lowest BCUT2D eigenvalue weighted by atomic mass is 10.1. The third-order valence-electron chi connectivity index (χ3n) is 5.25. The molecule has 1 saturated carbocycles. The number of carbonyl (C=O) groups is 4. The zero-order valence-electron chi connectivity index (χ0n) is 15.8. The van der Waals surface area contributed by atoms with Gasteiger partial charge in [-0.15, -0.1) is 0 Å². The Morgan fingerprint density at radius 3 is 2.46 bits per heavy atom. The van der Waals surface area contributed by atoms with E-state index in [1.807, 2.05) is 0 Å². The van der Waals surface area contributed by atoms with Crippen LogP contribution in [0.15, 0.2) is 30.3 Å². The zero-order chi connectivity index (χ0) is 20.1. The van der Waals surface area contributed by atoms with E-state index in [1.54, 1.807) is 35.2 Å². The summed E-state index contributed by atoms with van der Waals surface area (Å²) in [5.41, 5.74) is 4.92. The molecule has 1 heterocycles. The molecule has 28 heavy (non-hydrogen) atoms. The van der Waals surface area contributed by atoms with Crippen molar-refractivity contribution in [1.82, 2.24) is 15.8 Å². The summed E-state index contributed by atoms with van der Waals surface area (Å²) in [7, 11) is 0. The fourth-order valence-corrected chi connectivity index (χ4v) is 3.66. The van der Waals surface area contributed by atoms with Crippen LogP contribution in [-0.4, -0.2) is 47.3 Å². The molecule has 1 saturated heterocycles.